The van der Waals surface area contributed by atoms with E-state index in [0.717, 1.165) is 58.4 Å². The Hall–Kier alpha value is -1.60. The van der Waals surface area contributed by atoms with Gasteiger partial charge in [0.2, 0.25) is 0 Å². The molecule has 1 fully saturated rings. The molecule has 0 amide bonds. The molecule has 25 heavy (non-hydrogen) atoms. The highest BCUT2D eigenvalue weighted by molar-refractivity contribution is 5.79. The molecule has 1 saturated heterocycles. The molecule has 7 nitrogen and oxygen atoms in total. The number of aryl methyl sites for hydroxylation is 1. The number of nitrogens with zero attached hydrogens (tertiary/aromatic N) is 4. The lowest BCUT2D eigenvalue weighted by Gasteiger charge is -2.36. The van der Waals surface area contributed by atoms with Crippen molar-refractivity contribution in [3.8, 4) is 0 Å². The van der Waals surface area contributed by atoms with Crippen LogP contribution >= 0.6 is 0 Å². The van der Waals surface area contributed by atoms with Crippen LogP contribution in [0.2, 0.25) is 0 Å². The number of ether oxygens (including phenoxy) is 1. The predicted molar refractivity (Wildman–Crippen MR) is 102 cm³/mol. The largest absolute Gasteiger partial charge is 0.379 e. The van der Waals surface area contributed by atoms with Crippen molar-refractivity contribution in [3.05, 3.63) is 18.0 Å². The maximum atomic E-state index is 5.48. The van der Waals surface area contributed by atoms with Gasteiger partial charge in [0.15, 0.2) is 5.96 Å². The summed E-state index contributed by atoms with van der Waals surface area (Å²) in [5, 5.41) is 11.1. The standard InChI is InChI=1S/C18H34N6O/c1-5-19-18(20-6-7-24-14-16(4)12-22-24)21-13-17(15(2)3)23-8-10-25-11-9-23/h12,14-15,17H,5-11,13H2,1-4H3,(H2,19,20,21). The fourth-order valence-electron chi connectivity index (χ4n) is 3.06. The molecule has 0 aromatic carbocycles. The summed E-state index contributed by atoms with van der Waals surface area (Å²) in [7, 11) is 0. The average Bonchev–Trinajstić information content (AvgIpc) is 3.01. The Bertz CT molecular complexity index is 521. The molecule has 2 heterocycles. The zero-order chi connectivity index (χ0) is 18.1. The third kappa shape index (κ3) is 6.66. The van der Waals surface area contributed by atoms with Crippen molar-refractivity contribution in [3.63, 3.8) is 0 Å². The third-order valence-corrected chi connectivity index (χ3v) is 4.46. The number of aliphatic imine (C=N–C) groups is 1. The first kappa shape index (κ1) is 19.7. The quantitative estimate of drug-likeness (QED) is 0.543. The summed E-state index contributed by atoms with van der Waals surface area (Å²) in [6.07, 6.45) is 3.94. The zero-order valence-corrected chi connectivity index (χ0v) is 16.2. The highest BCUT2D eigenvalue weighted by atomic mass is 16.5. The Morgan fingerprint density at radius 1 is 1.32 bits per heavy atom. The van der Waals surface area contributed by atoms with Crippen molar-refractivity contribution in [2.75, 3.05) is 45.9 Å². The molecular weight excluding hydrogens is 316 g/mol. The van der Waals surface area contributed by atoms with E-state index in [0.29, 0.717) is 12.0 Å². The Labute approximate surface area is 151 Å². The minimum Gasteiger partial charge on any atom is -0.379 e. The molecular formula is C18H34N6O. The molecule has 0 saturated carbocycles. The van der Waals surface area contributed by atoms with E-state index < -0.39 is 0 Å². The number of guanidine groups is 1. The number of aromatic nitrogens is 2. The van der Waals surface area contributed by atoms with Gasteiger partial charge in [0, 0.05) is 38.4 Å². The molecule has 0 spiro atoms. The van der Waals surface area contributed by atoms with Gasteiger partial charge >= 0.3 is 0 Å². The van der Waals surface area contributed by atoms with E-state index in [-0.39, 0.29) is 0 Å². The van der Waals surface area contributed by atoms with Gasteiger partial charge < -0.3 is 15.4 Å². The molecule has 2 rings (SSSR count). The smallest absolute Gasteiger partial charge is 0.191 e. The van der Waals surface area contributed by atoms with E-state index in [4.69, 9.17) is 9.73 Å². The van der Waals surface area contributed by atoms with Gasteiger partial charge in [-0.05, 0) is 25.3 Å². The summed E-state index contributed by atoms with van der Waals surface area (Å²) in [6, 6.07) is 0.452. The number of rotatable bonds is 8. The Kier molecular flexibility index (Phi) is 8.21. The Morgan fingerprint density at radius 3 is 2.68 bits per heavy atom. The van der Waals surface area contributed by atoms with E-state index >= 15 is 0 Å². The summed E-state index contributed by atoms with van der Waals surface area (Å²) in [6.45, 7) is 15.6. The van der Waals surface area contributed by atoms with Crippen LogP contribution in [0.5, 0.6) is 0 Å². The molecule has 1 aromatic rings. The maximum Gasteiger partial charge on any atom is 0.191 e. The minimum absolute atomic E-state index is 0.452. The fourth-order valence-corrected chi connectivity index (χ4v) is 3.06. The van der Waals surface area contributed by atoms with Gasteiger partial charge in [0.05, 0.1) is 32.5 Å². The van der Waals surface area contributed by atoms with E-state index in [1.54, 1.807) is 0 Å². The van der Waals surface area contributed by atoms with E-state index in [9.17, 15) is 0 Å². The maximum absolute atomic E-state index is 5.48. The number of morpholine rings is 1. The van der Waals surface area contributed by atoms with Crippen LogP contribution in [0.15, 0.2) is 17.4 Å². The average molecular weight is 351 g/mol. The molecule has 142 valence electrons. The predicted octanol–water partition coefficient (Wildman–Crippen LogP) is 1.10. The molecule has 1 aliphatic rings. The van der Waals surface area contributed by atoms with E-state index in [1.165, 1.54) is 5.56 Å². The van der Waals surface area contributed by atoms with Crippen LogP contribution < -0.4 is 10.6 Å². The monoisotopic (exact) mass is 350 g/mol. The van der Waals surface area contributed by atoms with Crippen LogP contribution in [0.3, 0.4) is 0 Å². The second-order valence-corrected chi connectivity index (χ2v) is 6.89. The van der Waals surface area contributed by atoms with Crippen molar-refractivity contribution >= 4 is 5.96 Å². The van der Waals surface area contributed by atoms with Crippen LogP contribution in [-0.4, -0.2) is 72.6 Å². The summed E-state index contributed by atoms with van der Waals surface area (Å²) in [5.41, 5.74) is 1.19. The van der Waals surface area contributed by atoms with Crippen LogP contribution in [0.4, 0.5) is 0 Å². The molecule has 7 heteroatoms. The summed E-state index contributed by atoms with van der Waals surface area (Å²) < 4.78 is 7.44. The van der Waals surface area contributed by atoms with Gasteiger partial charge in [-0.3, -0.25) is 14.6 Å². The molecule has 1 aromatic heterocycles. The lowest BCUT2D eigenvalue weighted by Crippen LogP contribution is -2.48. The van der Waals surface area contributed by atoms with Gasteiger partial charge in [-0.2, -0.15) is 5.10 Å². The molecule has 0 aliphatic carbocycles. The molecule has 0 bridgehead atoms. The molecule has 2 N–H and O–H groups in total. The van der Waals surface area contributed by atoms with Gasteiger partial charge in [0.1, 0.15) is 0 Å². The minimum atomic E-state index is 0.452. The molecule has 1 aliphatic heterocycles. The third-order valence-electron chi connectivity index (χ3n) is 4.46. The van der Waals surface area contributed by atoms with Crippen LogP contribution in [0.1, 0.15) is 26.3 Å². The SMILES string of the molecule is CCNC(=NCC(C(C)C)N1CCOCC1)NCCn1cc(C)cn1. The first-order valence-corrected chi connectivity index (χ1v) is 9.43. The van der Waals surface area contributed by atoms with Crippen LogP contribution in [0.25, 0.3) is 0 Å². The topological polar surface area (TPSA) is 66.7 Å². The number of nitrogens with one attached hydrogen (secondary N) is 2. The van der Waals surface area contributed by atoms with Gasteiger partial charge in [-0.15, -0.1) is 0 Å². The second-order valence-electron chi connectivity index (χ2n) is 6.89. The first-order valence-electron chi connectivity index (χ1n) is 9.43. The molecule has 1 atom stereocenters. The summed E-state index contributed by atoms with van der Waals surface area (Å²) in [5.74, 6) is 1.45. The number of hydrogen-bond donors (Lipinski definition) is 2. The van der Waals surface area contributed by atoms with Crippen molar-refractivity contribution in [1.82, 2.24) is 25.3 Å². The van der Waals surface area contributed by atoms with Crippen molar-refractivity contribution in [1.29, 1.82) is 0 Å². The Balaban J connectivity index is 1.87. The van der Waals surface area contributed by atoms with Crippen LogP contribution in [0, 0.1) is 12.8 Å². The summed E-state index contributed by atoms with van der Waals surface area (Å²) >= 11 is 0. The molecule has 1 unspecified atom stereocenters. The summed E-state index contributed by atoms with van der Waals surface area (Å²) in [4.78, 5) is 7.34. The van der Waals surface area contributed by atoms with Crippen molar-refractivity contribution < 1.29 is 4.74 Å². The van der Waals surface area contributed by atoms with Crippen molar-refractivity contribution in [2.24, 2.45) is 10.9 Å². The fraction of sp³-hybridized carbons (Fsp3) is 0.778. The highest BCUT2D eigenvalue weighted by Gasteiger charge is 2.23. The normalized spacial score (nSPS) is 17.7. The van der Waals surface area contributed by atoms with Crippen LogP contribution in [-0.2, 0) is 11.3 Å². The highest BCUT2D eigenvalue weighted by Crippen LogP contribution is 2.13. The molecule has 0 radical (unpaired) electrons. The van der Waals surface area contributed by atoms with Gasteiger partial charge in [-0.25, -0.2) is 0 Å². The number of hydrogen-bond acceptors (Lipinski definition) is 4. The van der Waals surface area contributed by atoms with E-state index in [2.05, 4.69) is 54.5 Å². The lowest BCUT2D eigenvalue weighted by molar-refractivity contribution is 0.00867. The first-order chi connectivity index (χ1) is 12.1. The Morgan fingerprint density at radius 2 is 2.08 bits per heavy atom. The van der Waals surface area contributed by atoms with E-state index in [1.807, 2.05) is 10.9 Å². The van der Waals surface area contributed by atoms with Gasteiger partial charge in [-0.1, -0.05) is 13.8 Å². The van der Waals surface area contributed by atoms with Crippen molar-refractivity contribution in [2.45, 2.75) is 40.3 Å². The second kappa shape index (κ2) is 10.4. The zero-order valence-electron chi connectivity index (χ0n) is 16.2. The lowest BCUT2D eigenvalue weighted by atomic mass is 10.0. The van der Waals surface area contributed by atoms with Gasteiger partial charge in [0.25, 0.3) is 0 Å².